The van der Waals surface area contributed by atoms with Gasteiger partial charge in [0.25, 0.3) is 0 Å². The van der Waals surface area contributed by atoms with Gasteiger partial charge in [0.15, 0.2) is 5.52 Å². The van der Waals surface area contributed by atoms with Gasteiger partial charge in [0.2, 0.25) is 0 Å². The predicted molar refractivity (Wildman–Crippen MR) is 96.3 cm³/mol. The number of para-hydroxylation sites is 1. The third-order valence-electron chi connectivity index (χ3n) is 3.40. The first kappa shape index (κ1) is 15.4. The van der Waals surface area contributed by atoms with Crippen molar-refractivity contribution in [2.45, 2.75) is 20.3 Å². The van der Waals surface area contributed by atoms with Crippen LogP contribution < -0.4 is 5.63 Å². The van der Waals surface area contributed by atoms with Crippen molar-refractivity contribution >= 4 is 32.5 Å². The maximum absolute atomic E-state index is 12.0. The van der Waals surface area contributed by atoms with Crippen LogP contribution in [-0.2, 0) is 6.42 Å². The van der Waals surface area contributed by atoms with E-state index in [2.05, 4.69) is 17.1 Å². The van der Waals surface area contributed by atoms with Crippen LogP contribution in [0, 0.1) is 0 Å². The van der Waals surface area contributed by atoms with E-state index < -0.39 is 0 Å². The van der Waals surface area contributed by atoms with Gasteiger partial charge in [-0.2, -0.15) is 0 Å². The molecule has 0 aliphatic carbocycles. The second kappa shape index (κ2) is 6.75. The molecule has 2 aromatic heterocycles. The third-order valence-corrected chi connectivity index (χ3v) is 4.49. The van der Waals surface area contributed by atoms with E-state index in [1.807, 2.05) is 56.3 Å². The average molecular weight is 323 g/mol. The third kappa shape index (κ3) is 3.03. The maximum Gasteiger partial charge on any atom is 0.363 e. The summed E-state index contributed by atoms with van der Waals surface area (Å²) in [5.74, 6) is 0. The second-order valence-corrected chi connectivity index (χ2v) is 5.92. The average Bonchev–Trinajstić information content (AvgIpc) is 3.02. The molecule has 0 spiro atoms. The minimum atomic E-state index is -0.362. The van der Waals surface area contributed by atoms with Crippen molar-refractivity contribution in [3.63, 3.8) is 0 Å². The van der Waals surface area contributed by atoms with E-state index >= 15 is 0 Å². The Hall–Kier alpha value is -2.46. The normalized spacial score (nSPS) is 10.5. The van der Waals surface area contributed by atoms with Gasteiger partial charge in [-0.25, -0.2) is 9.78 Å². The molecule has 116 valence electrons. The molecule has 0 bridgehead atoms. The number of nitrogens with zero attached hydrogens (tertiary/aromatic N) is 1. The molecule has 4 rings (SSSR count). The molecule has 4 heteroatoms. The van der Waals surface area contributed by atoms with E-state index in [9.17, 15) is 4.79 Å². The van der Waals surface area contributed by atoms with E-state index in [1.54, 1.807) is 11.3 Å². The van der Waals surface area contributed by atoms with Crippen molar-refractivity contribution in [3.05, 3.63) is 75.6 Å². The lowest BCUT2D eigenvalue weighted by atomic mass is 10.2. The van der Waals surface area contributed by atoms with Gasteiger partial charge >= 0.3 is 5.63 Å². The van der Waals surface area contributed by atoms with Gasteiger partial charge in [-0.15, -0.1) is 11.3 Å². The number of aromatic nitrogens is 1. The lowest BCUT2D eigenvalue weighted by Crippen LogP contribution is -1.99. The van der Waals surface area contributed by atoms with Crippen molar-refractivity contribution in [1.82, 2.24) is 4.98 Å². The Morgan fingerprint density at radius 2 is 1.70 bits per heavy atom. The second-order valence-electron chi connectivity index (χ2n) is 4.83. The zero-order valence-corrected chi connectivity index (χ0v) is 13.9. The van der Waals surface area contributed by atoms with Gasteiger partial charge in [-0.3, -0.25) is 0 Å². The molecule has 3 nitrogen and oxygen atoms in total. The predicted octanol–water partition coefficient (Wildman–Crippen LogP) is 5.02. The fourth-order valence-electron chi connectivity index (χ4n) is 2.42. The van der Waals surface area contributed by atoms with Crippen LogP contribution in [0.15, 0.2) is 63.8 Å². The van der Waals surface area contributed by atoms with Gasteiger partial charge in [0.05, 0.1) is 9.71 Å². The Morgan fingerprint density at radius 1 is 1.00 bits per heavy atom. The van der Waals surface area contributed by atoms with Crippen LogP contribution in [0.2, 0.25) is 0 Å². The van der Waals surface area contributed by atoms with Crippen LogP contribution in [0.3, 0.4) is 0 Å². The van der Waals surface area contributed by atoms with Gasteiger partial charge in [0, 0.05) is 11.8 Å². The smallest absolute Gasteiger partial charge is 0.363 e. The SMILES string of the molecule is CC.O=c1oc2ccccc2c2sc(Cc3ccccc3)nc12. The molecule has 0 saturated heterocycles. The Bertz CT molecular complexity index is 987. The maximum atomic E-state index is 12.0. The number of fused-ring (bicyclic) bond motifs is 3. The summed E-state index contributed by atoms with van der Waals surface area (Å²) in [6.07, 6.45) is 0.730. The molecule has 0 aliphatic rings. The lowest BCUT2D eigenvalue weighted by Gasteiger charge is -1.95. The molecular formula is C19H17NO2S. The summed E-state index contributed by atoms with van der Waals surface area (Å²) in [5, 5.41) is 1.88. The highest BCUT2D eigenvalue weighted by Crippen LogP contribution is 2.29. The Kier molecular flexibility index (Phi) is 4.53. The van der Waals surface area contributed by atoms with Crippen LogP contribution >= 0.6 is 11.3 Å². The van der Waals surface area contributed by atoms with Crippen molar-refractivity contribution < 1.29 is 4.42 Å². The topological polar surface area (TPSA) is 43.1 Å². The summed E-state index contributed by atoms with van der Waals surface area (Å²) < 4.78 is 6.24. The molecule has 0 atom stereocenters. The summed E-state index contributed by atoms with van der Waals surface area (Å²) >= 11 is 1.56. The Labute approximate surface area is 138 Å². The Balaban J connectivity index is 0.000000753. The molecule has 0 N–H and O–H groups in total. The lowest BCUT2D eigenvalue weighted by molar-refractivity contribution is 0.568. The molecule has 0 fully saturated rings. The summed E-state index contributed by atoms with van der Waals surface area (Å²) in [6.45, 7) is 4.00. The standard InChI is InChI=1S/C17H11NO2S.C2H6/c19-17-15-16(12-8-4-5-9-13(12)20-17)21-14(18-15)10-11-6-2-1-3-7-11;1-2/h1-9H,10H2;1-2H3. The molecule has 0 saturated carbocycles. The number of rotatable bonds is 2. The zero-order chi connectivity index (χ0) is 16.2. The number of thiazole rings is 1. The van der Waals surface area contributed by atoms with Crippen LogP contribution in [0.1, 0.15) is 24.4 Å². The molecule has 2 heterocycles. The first-order valence-electron chi connectivity index (χ1n) is 7.66. The molecular weight excluding hydrogens is 306 g/mol. The Morgan fingerprint density at radius 3 is 2.48 bits per heavy atom. The van der Waals surface area contributed by atoms with Crippen molar-refractivity contribution in [2.75, 3.05) is 0 Å². The highest BCUT2D eigenvalue weighted by atomic mass is 32.1. The van der Waals surface area contributed by atoms with E-state index in [-0.39, 0.29) is 5.63 Å². The largest absolute Gasteiger partial charge is 0.421 e. The highest BCUT2D eigenvalue weighted by Gasteiger charge is 2.13. The fourth-order valence-corrected chi connectivity index (χ4v) is 3.54. The van der Waals surface area contributed by atoms with Gasteiger partial charge in [0.1, 0.15) is 5.58 Å². The van der Waals surface area contributed by atoms with Gasteiger partial charge < -0.3 is 4.42 Å². The van der Waals surface area contributed by atoms with E-state index in [0.29, 0.717) is 11.1 Å². The molecule has 2 aromatic carbocycles. The first-order chi connectivity index (χ1) is 11.3. The van der Waals surface area contributed by atoms with Crippen LogP contribution in [0.4, 0.5) is 0 Å². The molecule has 0 amide bonds. The first-order valence-corrected chi connectivity index (χ1v) is 8.48. The number of hydrogen-bond acceptors (Lipinski definition) is 4. The monoisotopic (exact) mass is 323 g/mol. The molecule has 0 aliphatic heterocycles. The minimum Gasteiger partial charge on any atom is -0.421 e. The van der Waals surface area contributed by atoms with E-state index in [4.69, 9.17) is 4.42 Å². The summed E-state index contributed by atoms with van der Waals surface area (Å²) in [5.41, 5.74) is 1.87. The zero-order valence-electron chi connectivity index (χ0n) is 13.1. The van der Waals surface area contributed by atoms with Crippen molar-refractivity contribution in [1.29, 1.82) is 0 Å². The summed E-state index contributed by atoms with van der Waals surface area (Å²) in [7, 11) is 0. The summed E-state index contributed by atoms with van der Waals surface area (Å²) in [4.78, 5) is 16.5. The van der Waals surface area contributed by atoms with Crippen LogP contribution in [0.5, 0.6) is 0 Å². The highest BCUT2D eigenvalue weighted by molar-refractivity contribution is 7.19. The van der Waals surface area contributed by atoms with Crippen molar-refractivity contribution in [2.24, 2.45) is 0 Å². The van der Waals surface area contributed by atoms with E-state index in [1.165, 1.54) is 5.56 Å². The van der Waals surface area contributed by atoms with Crippen LogP contribution in [-0.4, -0.2) is 4.98 Å². The molecule has 0 radical (unpaired) electrons. The molecule has 0 unspecified atom stereocenters. The number of hydrogen-bond donors (Lipinski definition) is 0. The molecule has 23 heavy (non-hydrogen) atoms. The quantitative estimate of drug-likeness (QED) is 0.486. The van der Waals surface area contributed by atoms with Gasteiger partial charge in [-0.05, 0) is 17.7 Å². The fraction of sp³-hybridized carbons (Fsp3) is 0.158. The number of benzene rings is 2. The van der Waals surface area contributed by atoms with E-state index in [0.717, 1.165) is 21.5 Å². The van der Waals surface area contributed by atoms with Crippen molar-refractivity contribution in [3.8, 4) is 0 Å². The van der Waals surface area contributed by atoms with Gasteiger partial charge in [-0.1, -0.05) is 56.3 Å². The minimum absolute atomic E-state index is 0.362. The summed E-state index contributed by atoms with van der Waals surface area (Å²) in [6, 6.07) is 17.7. The van der Waals surface area contributed by atoms with Crippen LogP contribution in [0.25, 0.3) is 21.2 Å². The molecule has 4 aromatic rings.